The predicted octanol–water partition coefficient (Wildman–Crippen LogP) is 4.04. The Bertz CT molecular complexity index is 475. The molecule has 1 rings (SSSR count). The van der Waals surface area contributed by atoms with Gasteiger partial charge in [0.1, 0.15) is 5.75 Å². The van der Waals surface area contributed by atoms with Gasteiger partial charge < -0.3 is 14.8 Å². The zero-order valence-corrected chi connectivity index (χ0v) is 15.9. The molecule has 0 aliphatic heterocycles. The summed E-state index contributed by atoms with van der Waals surface area (Å²) in [6, 6.07) is 3.95. The molecule has 0 saturated carbocycles. The van der Waals surface area contributed by atoms with Crippen LogP contribution in [0.3, 0.4) is 0 Å². The first-order chi connectivity index (χ1) is 9.73. The van der Waals surface area contributed by atoms with Crippen molar-refractivity contribution in [3.8, 4) is 5.75 Å². The maximum atomic E-state index is 11.3. The maximum Gasteiger partial charge on any atom is 0.344 e. The third-order valence-electron chi connectivity index (χ3n) is 2.52. The molecular weight excluding hydrogens is 402 g/mol. The van der Waals surface area contributed by atoms with Crippen LogP contribution in [0.25, 0.3) is 0 Å². The number of carbonyl (C=O) groups excluding carboxylic acids is 1. The van der Waals surface area contributed by atoms with Crippen LogP contribution in [0.2, 0.25) is 0 Å². The Hall–Kier alpha value is -0.590. The SMILES string of the molecule is CCOC(=O)COc1c(Br)cc(CNC(C)(C)C)cc1Br. The van der Waals surface area contributed by atoms with Gasteiger partial charge in [-0.2, -0.15) is 0 Å². The number of hydrogen-bond acceptors (Lipinski definition) is 4. The van der Waals surface area contributed by atoms with Crippen LogP contribution in [0.4, 0.5) is 0 Å². The third-order valence-corrected chi connectivity index (χ3v) is 3.70. The van der Waals surface area contributed by atoms with E-state index in [1.165, 1.54) is 0 Å². The summed E-state index contributed by atoms with van der Waals surface area (Å²) in [4.78, 5) is 11.3. The highest BCUT2D eigenvalue weighted by Gasteiger charge is 2.13. The summed E-state index contributed by atoms with van der Waals surface area (Å²) in [6.45, 7) is 9.11. The number of halogens is 2. The molecule has 0 radical (unpaired) electrons. The van der Waals surface area contributed by atoms with Crippen LogP contribution in [-0.4, -0.2) is 24.7 Å². The lowest BCUT2D eigenvalue weighted by molar-refractivity contribution is -0.145. The van der Waals surface area contributed by atoms with Gasteiger partial charge in [0.2, 0.25) is 0 Å². The lowest BCUT2D eigenvalue weighted by Crippen LogP contribution is -2.35. The summed E-state index contributed by atoms with van der Waals surface area (Å²) in [5.41, 5.74) is 1.17. The van der Waals surface area contributed by atoms with Gasteiger partial charge in [0.15, 0.2) is 6.61 Å². The van der Waals surface area contributed by atoms with Crippen molar-refractivity contribution in [3.05, 3.63) is 26.6 Å². The summed E-state index contributed by atoms with van der Waals surface area (Å²) in [7, 11) is 0. The van der Waals surface area contributed by atoms with E-state index in [4.69, 9.17) is 9.47 Å². The average molecular weight is 423 g/mol. The highest BCUT2D eigenvalue weighted by molar-refractivity contribution is 9.11. The molecule has 1 aromatic carbocycles. The maximum absolute atomic E-state index is 11.3. The number of carbonyl (C=O) groups is 1. The first-order valence-corrected chi connectivity index (χ1v) is 8.33. The van der Waals surface area contributed by atoms with Crippen molar-refractivity contribution < 1.29 is 14.3 Å². The van der Waals surface area contributed by atoms with E-state index in [0.717, 1.165) is 21.1 Å². The fourth-order valence-electron chi connectivity index (χ4n) is 1.55. The molecule has 1 aromatic rings. The van der Waals surface area contributed by atoms with Gasteiger partial charge in [-0.25, -0.2) is 4.79 Å². The van der Waals surface area contributed by atoms with Crippen LogP contribution < -0.4 is 10.1 Å². The molecule has 1 N–H and O–H groups in total. The Morgan fingerprint density at radius 1 is 1.24 bits per heavy atom. The number of esters is 1. The third kappa shape index (κ3) is 6.80. The lowest BCUT2D eigenvalue weighted by Gasteiger charge is -2.21. The summed E-state index contributed by atoms with van der Waals surface area (Å²) in [5, 5.41) is 3.42. The molecule has 118 valence electrons. The molecule has 0 fully saturated rings. The van der Waals surface area contributed by atoms with Crippen molar-refractivity contribution in [2.45, 2.75) is 39.8 Å². The van der Waals surface area contributed by atoms with E-state index in [0.29, 0.717) is 12.4 Å². The summed E-state index contributed by atoms with van der Waals surface area (Å²) in [5.74, 6) is 0.220. The van der Waals surface area contributed by atoms with Crippen molar-refractivity contribution in [3.63, 3.8) is 0 Å². The molecule has 0 aliphatic carbocycles. The molecule has 21 heavy (non-hydrogen) atoms. The molecule has 0 spiro atoms. The van der Waals surface area contributed by atoms with Crippen LogP contribution in [0.15, 0.2) is 21.1 Å². The minimum atomic E-state index is -0.380. The molecule has 0 aliphatic rings. The van der Waals surface area contributed by atoms with Gasteiger partial charge in [-0.1, -0.05) is 0 Å². The largest absolute Gasteiger partial charge is 0.480 e. The van der Waals surface area contributed by atoms with Crippen molar-refractivity contribution in [2.75, 3.05) is 13.2 Å². The van der Waals surface area contributed by atoms with Crippen molar-refractivity contribution in [1.29, 1.82) is 0 Å². The quantitative estimate of drug-likeness (QED) is 0.702. The smallest absolute Gasteiger partial charge is 0.344 e. The number of hydrogen-bond donors (Lipinski definition) is 1. The Labute approximate surface area is 142 Å². The van der Waals surface area contributed by atoms with Gasteiger partial charge in [-0.05, 0) is 77.3 Å². The van der Waals surface area contributed by atoms with E-state index in [-0.39, 0.29) is 18.1 Å². The van der Waals surface area contributed by atoms with E-state index < -0.39 is 0 Å². The van der Waals surface area contributed by atoms with Gasteiger partial charge in [0, 0.05) is 12.1 Å². The fourth-order valence-corrected chi connectivity index (χ4v) is 3.06. The van der Waals surface area contributed by atoms with Crippen molar-refractivity contribution in [2.24, 2.45) is 0 Å². The summed E-state index contributed by atoms with van der Waals surface area (Å²) >= 11 is 6.95. The van der Waals surface area contributed by atoms with E-state index in [2.05, 4.69) is 57.9 Å². The summed E-state index contributed by atoms with van der Waals surface area (Å²) < 4.78 is 11.9. The second-order valence-corrected chi connectivity index (χ2v) is 7.29. The van der Waals surface area contributed by atoms with E-state index in [1.54, 1.807) is 6.92 Å². The fraction of sp³-hybridized carbons (Fsp3) is 0.533. The second-order valence-electron chi connectivity index (χ2n) is 5.59. The topological polar surface area (TPSA) is 47.6 Å². The molecular formula is C15H21Br2NO3. The van der Waals surface area contributed by atoms with Crippen LogP contribution in [0, 0.1) is 0 Å². The zero-order chi connectivity index (χ0) is 16.0. The molecule has 0 aromatic heterocycles. The first-order valence-electron chi connectivity index (χ1n) is 6.74. The highest BCUT2D eigenvalue weighted by Crippen LogP contribution is 2.34. The molecule has 0 saturated heterocycles. The van der Waals surface area contributed by atoms with Crippen molar-refractivity contribution in [1.82, 2.24) is 5.32 Å². The number of nitrogens with one attached hydrogen (secondary N) is 1. The van der Waals surface area contributed by atoms with Crippen LogP contribution in [0.5, 0.6) is 5.75 Å². The standard InChI is InChI=1S/C15H21Br2NO3/c1-5-20-13(19)9-21-14-11(16)6-10(7-12(14)17)8-18-15(2,3)4/h6-7,18H,5,8-9H2,1-4H3. The normalized spacial score (nSPS) is 11.3. The zero-order valence-electron chi connectivity index (χ0n) is 12.8. The van der Waals surface area contributed by atoms with Gasteiger partial charge >= 0.3 is 5.97 Å². The monoisotopic (exact) mass is 421 g/mol. The van der Waals surface area contributed by atoms with Crippen LogP contribution in [0.1, 0.15) is 33.3 Å². The van der Waals surface area contributed by atoms with E-state index in [1.807, 2.05) is 12.1 Å². The Balaban J connectivity index is 2.73. The van der Waals surface area contributed by atoms with E-state index >= 15 is 0 Å². The van der Waals surface area contributed by atoms with Crippen LogP contribution >= 0.6 is 31.9 Å². The Morgan fingerprint density at radius 2 is 1.81 bits per heavy atom. The van der Waals surface area contributed by atoms with Gasteiger partial charge in [0.25, 0.3) is 0 Å². The number of benzene rings is 1. The predicted molar refractivity (Wildman–Crippen MR) is 90.6 cm³/mol. The molecule has 4 nitrogen and oxygen atoms in total. The number of ether oxygens (including phenoxy) is 2. The molecule has 0 amide bonds. The number of rotatable bonds is 6. The average Bonchev–Trinajstić information content (AvgIpc) is 2.35. The minimum Gasteiger partial charge on any atom is -0.480 e. The highest BCUT2D eigenvalue weighted by atomic mass is 79.9. The molecule has 0 bridgehead atoms. The van der Waals surface area contributed by atoms with Crippen molar-refractivity contribution >= 4 is 37.8 Å². The minimum absolute atomic E-state index is 0.0536. The molecule has 0 unspecified atom stereocenters. The summed E-state index contributed by atoms with van der Waals surface area (Å²) in [6.07, 6.45) is 0. The van der Waals surface area contributed by atoms with Gasteiger partial charge in [-0.3, -0.25) is 0 Å². The van der Waals surface area contributed by atoms with Crippen LogP contribution in [-0.2, 0) is 16.1 Å². The second kappa shape index (κ2) is 8.15. The Kier molecular flexibility index (Phi) is 7.16. The Morgan fingerprint density at radius 3 is 2.29 bits per heavy atom. The lowest BCUT2D eigenvalue weighted by atomic mass is 10.1. The van der Waals surface area contributed by atoms with Gasteiger partial charge in [0.05, 0.1) is 15.6 Å². The van der Waals surface area contributed by atoms with E-state index in [9.17, 15) is 4.79 Å². The molecule has 6 heteroatoms. The molecule has 0 heterocycles. The van der Waals surface area contributed by atoms with Gasteiger partial charge in [-0.15, -0.1) is 0 Å². The molecule has 0 atom stereocenters. The first kappa shape index (κ1) is 18.5.